The number of nitrogens with one attached hydrogen (secondary N) is 1. The Hall–Kier alpha value is -2.38. The van der Waals surface area contributed by atoms with Crippen molar-refractivity contribution in [2.75, 3.05) is 18.0 Å². The quantitative estimate of drug-likeness (QED) is 0.790. The number of anilines is 1. The van der Waals surface area contributed by atoms with Crippen molar-refractivity contribution in [3.8, 4) is 0 Å². The molecule has 0 bridgehead atoms. The molecule has 0 saturated heterocycles. The first-order chi connectivity index (χ1) is 11.8. The third kappa shape index (κ3) is 5.04. The Labute approximate surface area is 148 Å². The molecular formula is C18H23N3O3S. The highest BCUT2D eigenvalue weighted by Gasteiger charge is 2.10. The van der Waals surface area contributed by atoms with Crippen LogP contribution < -0.4 is 15.4 Å². The van der Waals surface area contributed by atoms with Crippen LogP contribution in [-0.2, 0) is 16.6 Å². The molecule has 0 aromatic heterocycles. The van der Waals surface area contributed by atoms with Crippen LogP contribution in [0, 0.1) is 0 Å². The maximum Gasteiger partial charge on any atom is 0.251 e. The number of hydrogen-bond acceptors (Lipinski definition) is 4. The van der Waals surface area contributed by atoms with Gasteiger partial charge in [0.05, 0.1) is 4.90 Å². The molecule has 0 aliphatic carbocycles. The van der Waals surface area contributed by atoms with Gasteiger partial charge in [-0.05, 0) is 55.8 Å². The summed E-state index contributed by atoms with van der Waals surface area (Å²) in [7, 11) is -3.75. The third-order valence-corrected chi connectivity index (χ3v) is 4.85. The maximum absolute atomic E-state index is 12.3. The van der Waals surface area contributed by atoms with Gasteiger partial charge in [-0.25, -0.2) is 13.6 Å². The molecule has 0 saturated carbocycles. The van der Waals surface area contributed by atoms with Gasteiger partial charge in [0.1, 0.15) is 0 Å². The second-order valence-electron chi connectivity index (χ2n) is 5.59. The monoisotopic (exact) mass is 361 g/mol. The van der Waals surface area contributed by atoms with Gasteiger partial charge in [-0.2, -0.15) is 0 Å². The predicted molar refractivity (Wildman–Crippen MR) is 99.0 cm³/mol. The number of nitrogens with two attached hydrogens (primary N) is 1. The fourth-order valence-electron chi connectivity index (χ4n) is 2.53. The molecule has 2 aromatic rings. The number of benzene rings is 2. The van der Waals surface area contributed by atoms with Crippen molar-refractivity contribution in [3.05, 3.63) is 59.7 Å². The van der Waals surface area contributed by atoms with E-state index in [1.807, 2.05) is 12.1 Å². The van der Waals surface area contributed by atoms with Crippen LogP contribution in [0.2, 0.25) is 0 Å². The van der Waals surface area contributed by atoms with E-state index >= 15 is 0 Å². The summed E-state index contributed by atoms with van der Waals surface area (Å²) in [5, 5.41) is 7.90. The summed E-state index contributed by atoms with van der Waals surface area (Å²) in [5.41, 5.74) is 2.29. The Balaban J connectivity index is 2.03. The Morgan fingerprint density at radius 1 is 1.08 bits per heavy atom. The van der Waals surface area contributed by atoms with E-state index in [-0.39, 0.29) is 17.3 Å². The molecule has 1 amide bonds. The van der Waals surface area contributed by atoms with Gasteiger partial charge in [0.15, 0.2) is 0 Å². The summed E-state index contributed by atoms with van der Waals surface area (Å²) in [4.78, 5) is 14.5. The number of carbonyl (C=O) groups excluding carboxylic acids is 1. The van der Waals surface area contributed by atoms with Crippen molar-refractivity contribution in [1.82, 2.24) is 5.32 Å². The number of primary sulfonamides is 1. The Morgan fingerprint density at radius 3 is 2.28 bits per heavy atom. The van der Waals surface area contributed by atoms with Crippen LogP contribution in [0.4, 0.5) is 5.69 Å². The topological polar surface area (TPSA) is 92.5 Å². The molecule has 0 aliphatic rings. The van der Waals surface area contributed by atoms with Crippen molar-refractivity contribution < 1.29 is 13.2 Å². The lowest BCUT2D eigenvalue weighted by atomic mass is 10.1. The molecule has 0 atom stereocenters. The molecule has 0 heterocycles. The van der Waals surface area contributed by atoms with Gasteiger partial charge < -0.3 is 10.2 Å². The molecule has 0 aliphatic heterocycles. The van der Waals surface area contributed by atoms with Crippen LogP contribution in [0.3, 0.4) is 0 Å². The molecule has 0 fully saturated rings. The van der Waals surface area contributed by atoms with E-state index in [0.29, 0.717) is 11.1 Å². The van der Waals surface area contributed by atoms with Crippen LogP contribution in [0.5, 0.6) is 0 Å². The van der Waals surface area contributed by atoms with Crippen LogP contribution in [0.15, 0.2) is 53.4 Å². The van der Waals surface area contributed by atoms with Crippen molar-refractivity contribution in [3.63, 3.8) is 0 Å². The molecule has 2 aromatic carbocycles. The van der Waals surface area contributed by atoms with E-state index in [0.717, 1.165) is 18.8 Å². The average molecular weight is 361 g/mol. The smallest absolute Gasteiger partial charge is 0.251 e. The Morgan fingerprint density at radius 2 is 1.72 bits per heavy atom. The fourth-order valence-corrected chi connectivity index (χ4v) is 3.11. The molecule has 0 spiro atoms. The number of rotatable bonds is 7. The minimum absolute atomic E-state index is 0.0304. The van der Waals surface area contributed by atoms with E-state index in [1.165, 1.54) is 12.1 Å². The van der Waals surface area contributed by atoms with Crippen molar-refractivity contribution in [2.45, 2.75) is 25.3 Å². The fraction of sp³-hybridized carbons (Fsp3) is 0.278. The van der Waals surface area contributed by atoms with Gasteiger partial charge >= 0.3 is 0 Å². The molecule has 6 nitrogen and oxygen atoms in total. The van der Waals surface area contributed by atoms with E-state index in [2.05, 4.69) is 24.1 Å². The first-order valence-electron chi connectivity index (χ1n) is 8.10. The normalized spacial score (nSPS) is 11.2. The molecule has 25 heavy (non-hydrogen) atoms. The molecule has 0 unspecified atom stereocenters. The maximum atomic E-state index is 12.3. The zero-order chi connectivity index (χ0) is 18.4. The number of sulfonamides is 1. The van der Waals surface area contributed by atoms with E-state index < -0.39 is 10.0 Å². The van der Waals surface area contributed by atoms with Gasteiger partial charge in [-0.3, -0.25) is 4.79 Å². The minimum atomic E-state index is -3.75. The lowest BCUT2D eigenvalue weighted by Gasteiger charge is -2.21. The van der Waals surface area contributed by atoms with Crippen LogP contribution >= 0.6 is 0 Å². The molecule has 3 N–H and O–H groups in total. The number of amides is 1. The summed E-state index contributed by atoms with van der Waals surface area (Å²) < 4.78 is 22.7. The van der Waals surface area contributed by atoms with Crippen LogP contribution in [0.1, 0.15) is 29.8 Å². The lowest BCUT2D eigenvalue weighted by molar-refractivity contribution is 0.0951. The second-order valence-corrected chi connectivity index (χ2v) is 7.16. The first-order valence-corrected chi connectivity index (χ1v) is 9.64. The lowest BCUT2D eigenvalue weighted by Crippen LogP contribution is -2.24. The zero-order valence-electron chi connectivity index (χ0n) is 14.4. The largest absolute Gasteiger partial charge is 0.372 e. The van der Waals surface area contributed by atoms with Gasteiger partial charge in [0, 0.05) is 30.9 Å². The Bertz CT molecular complexity index is 829. The van der Waals surface area contributed by atoms with Gasteiger partial charge in [0.25, 0.3) is 5.91 Å². The molecule has 0 radical (unpaired) electrons. The highest BCUT2D eigenvalue weighted by Crippen LogP contribution is 2.15. The summed E-state index contributed by atoms with van der Waals surface area (Å²) in [6, 6.07) is 13.6. The Kier molecular flexibility index (Phi) is 6.17. The van der Waals surface area contributed by atoms with Crippen LogP contribution in [-0.4, -0.2) is 27.4 Å². The molecular weight excluding hydrogens is 338 g/mol. The third-order valence-electron chi connectivity index (χ3n) is 3.94. The average Bonchev–Trinajstić information content (AvgIpc) is 2.61. The van der Waals surface area contributed by atoms with Gasteiger partial charge in [-0.1, -0.05) is 12.1 Å². The first kappa shape index (κ1) is 19.0. The second kappa shape index (κ2) is 8.13. The summed E-state index contributed by atoms with van der Waals surface area (Å²) >= 11 is 0. The SMILES string of the molecule is CCN(CC)c1ccc(C(=O)NCc2cccc(S(N)(=O)=O)c2)cc1. The number of nitrogens with zero attached hydrogens (tertiary/aromatic N) is 1. The molecule has 2 rings (SSSR count). The zero-order valence-corrected chi connectivity index (χ0v) is 15.2. The van der Waals surface area contributed by atoms with Crippen molar-refractivity contribution >= 4 is 21.6 Å². The highest BCUT2D eigenvalue weighted by molar-refractivity contribution is 7.89. The van der Waals surface area contributed by atoms with Crippen LogP contribution in [0.25, 0.3) is 0 Å². The van der Waals surface area contributed by atoms with Crippen molar-refractivity contribution in [2.24, 2.45) is 5.14 Å². The molecule has 7 heteroatoms. The molecule has 134 valence electrons. The number of hydrogen-bond donors (Lipinski definition) is 2. The number of carbonyl (C=O) groups is 1. The van der Waals surface area contributed by atoms with E-state index in [4.69, 9.17) is 5.14 Å². The van der Waals surface area contributed by atoms with E-state index in [1.54, 1.807) is 24.3 Å². The standard InChI is InChI=1S/C18H23N3O3S/c1-3-21(4-2)16-10-8-15(9-11-16)18(22)20-13-14-6-5-7-17(12-14)25(19,23)24/h5-12H,3-4,13H2,1-2H3,(H,20,22)(H2,19,23,24). The summed E-state index contributed by atoms with van der Waals surface area (Å²) in [5.74, 6) is -0.216. The van der Waals surface area contributed by atoms with Gasteiger partial charge in [-0.15, -0.1) is 0 Å². The van der Waals surface area contributed by atoms with Gasteiger partial charge in [0.2, 0.25) is 10.0 Å². The van der Waals surface area contributed by atoms with E-state index in [9.17, 15) is 13.2 Å². The predicted octanol–water partition coefficient (Wildman–Crippen LogP) is 2.11. The minimum Gasteiger partial charge on any atom is -0.372 e. The summed E-state index contributed by atoms with van der Waals surface area (Å²) in [6.45, 7) is 6.20. The highest BCUT2D eigenvalue weighted by atomic mass is 32.2. The summed E-state index contributed by atoms with van der Waals surface area (Å²) in [6.07, 6.45) is 0. The van der Waals surface area contributed by atoms with Crippen molar-refractivity contribution in [1.29, 1.82) is 0 Å².